The second-order valence-electron chi connectivity index (χ2n) is 8.14. The van der Waals surface area contributed by atoms with E-state index in [1.165, 1.54) is 4.90 Å². The maximum Gasteiger partial charge on any atom is 0.295 e. The summed E-state index contributed by atoms with van der Waals surface area (Å²) in [7, 11) is 0. The first-order chi connectivity index (χ1) is 15.3. The number of nitrogens with zero attached hydrogens (tertiary/aromatic N) is 1. The third kappa shape index (κ3) is 4.37. The highest BCUT2D eigenvalue weighted by atomic mass is 16.5. The minimum Gasteiger partial charge on any atom is -0.507 e. The van der Waals surface area contributed by atoms with Crippen molar-refractivity contribution in [2.75, 3.05) is 13.2 Å². The number of likely N-dealkylation sites (tertiary alicyclic amines) is 1. The van der Waals surface area contributed by atoms with Gasteiger partial charge in [-0.1, -0.05) is 56.8 Å². The minimum absolute atomic E-state index is 0.0806. The molecule has 5 heteroatoms. The molecule has 1 saturated heterocycles. The summed E-state index contributed by atoms with van der Waals surface area (Å²) >= 11 is 0. The Balaban J connectivity index is 2.13. The van der Waals surface area contributed by atoms with Crippen LogP contribution in [0.1, 0.15) is 48.1 Å². The first-order valence-electron chi connectivity index (χ1n) is 10.6. The molecule has 1 fully saturated rings. The van der Waals surface area contributed by atoms with Crippen LogP contribution >= 0.6 is 0 Å². The molecule has 1 N–H and O–H groups in total. The monoisotopic (exact) mass is 431 g/mol. The van der Waals surface area contributed by atoms with Crippen molar-refractivity contribution in [3.8, 4) is 5.75 Å². The third-order valence-corrected chi connectivity index (χ3v) is 5.61. The number of benzene rings is 2. The minimum atomic E-state index is -0.700. The summed E-state index contributed by atoms with van der Waals surface area (Å²) in [6, 6.07) is 12.3. The van der Waals surface area contributed by atoms with Gasteiger partial charge in [-0.3, -0.25) is 9.59 Å². The molecule has 1 amide bonds. The first kappa shape index (κ1) is 23.1. The van der Waals surface area contributed by atoms with Crippen molar-refractivity contribution in [1.82, 2.24) is 4.90 Å². The number of aliphatic hydroxyl groups is 1. The predicted molar refractivity (Wildman–Crippen MR) is 127 cm³/mol. The maximum absolute atomic E-state index is 13.0. The molecule has 0 aliphatic carbocycles. The van der Waals surface area contributed by atoms with Crippen molar-refractivity contribution in [3.63, 3.8) is 0 Å². The van der Waals surface area contributed by atoms with E-state index in [0.29, 0.717) is 23.8 Å². The van der Waals surface area contributed by atoms with Crippen LogP contribution in [0.5, 0.6) is 5.75 Å². The zero-order chi connectivity index (χ0) is 23.4. The van der Waals surface area contributed by atoms with Gasteiger partial charge in [-0.25, -0.2) is 0 Å². The molecule has 0 bridgehead atoms. The summed E-state index contributed by atoms with van der Waals surface area (Å²) in [6.45, 7) is 13.9. The molecule has 5 nitrogen and oxygen atoms in total. The Morgan fingerprint density at radius 1 is 1.12 bits per heavy atom. The lowest BCUT2D eigenvalue weighted by Crippen LogP contribution is -2.29. The molecule has 0 unspecified atom stereocenters. The highest BCUT2D eigenvalue weighted by molar-refractivity contribution is 6.46. The molecule has 0 radical (unpaired) electrons. The average molecular weight is 432 g/mol. The summed E-state index contributed by atoms with van der Waals surface area (Å²) in [4.78, 5) is 27.3. The van der Waals surface area contributed by atoms with Gasteiger partial charge < -0.3 is 14.7 Å². The van der Waals surface area contributed by atoms with Crippen molar-refractivity contribution in [1.29, 1.82) is 0 Å². The number of carbonyl (C=O) groups is 2. The molecule has 0 saturated carbocycles. The van der Waals surface area contributed by atoms with Crippen molar-refractivity contribution in [3.05, 3.63) is 95.6 Å². The number of ketones is 1. The summed E-state index contributed by atoms with van der Waals surface area (Å²) in [5, 5.41) is 11.2. The van der Waals surface area contributed by atoms with E-state index in [1.54, 1.807) is 30.4 Å². The van der Waals surface area contributed by atoms with E-state index in [2.05, 4.69) is 27.0 Å². The molecule has 2 aromatic rings. The van der Waals surface area contributed by atoms with Gasteiger partial charge in [-0.2, -0.15) is 0 Å². The normalized spacial score (nSPS) is 17.6. The summed E-state index contributed by atoms with van der Waals surface area (Å²) < 4.78 is 5.55. The van der Waals surface area contributed by atoms with E-state index < -0.39 is 17.7 Å². The van der Waals surface area contributed by atoms with Crippen molar-refractivity contribution < 1.29 is 19.4 Å². The standard InChI is InChI=1S/C27H29NO4/c1-6-14-28-24(20-10-8-19(9-11-20)17(3)4)23(26(30)27(28)31)25(29)22-13-12-21(16-18(22)5)32-15-7-2/h6-13,16-17,24,29H,1-2,14-15H2,3-5H3/t24-/m0/s1. The number of amides is 1. The van der Waals surface area contributed by atoms with Crippen molar-refractivity contribution in [2.24, 2.45) is 0 Å². The van der Waals surface area contributed by atoms with E-state index in [0.717, 1.165) is 16.7 Å². The average Bonchev–Trinajstić information content (AvgIpc) is 3.02. The van der Waals surface area contributed by atoms with Gasteiger partial charge in [-0.05, 0) is 47.7 Å². The largest absolute Gasteiger partial charge is 0.507 e. The Kier molecular flexibility index (Phi) is 6.98. The molecule has 3 rings (SSSR count). The van der Waals surface area contributed by atoms with Gasteiger partial charge in [-0.15, -0.1) is 6.58 Å². The van der Waals surface area contributed by atoms with Crippen LogP contribution < -0.4 is 4.74 Å². The Hall–Kier alpha value is -3.60. The summed E-state index contributed by atoms with van der Waals surface area (Å²) in [5.41, 5.74) is 3.21. The van der Waals surface area contributed by atoms with E-state index in [-0.39, 0.29) is 17.9 Å². The highest BCUT2D eigenvalue weighted by Gasteiger charge is 2.45. The predicted octanol–water partition coefficient (Wildman–Crippen LogP) is 5.29. The molecule has 166 valence electrons. The number of aliphatic hydroxyl groups excluding tert-OH is 1. The molecule has 0 spiro atoms. The first-order valence-corrected chi connectivity index (χ1v) is 10.6. The van der Waals surface area contributed by atoms with Crippen LogP contribution in [0.25, 0.3) is 5.76 Å². The molecule has 0 aromatic heterocycles. The molecular formula is C27H29NO4. The molecule has 1 aliphatic rings. The van der Waals surface area contributed by atoms with Crippen molar-refractivity contribution in [2.45, 2.75) is 32.7 Å². The number of hydrogen-bond acceptors (Lipinski definition) is 4. The van der Waals surface area contributed by atoms with Crippen LogP contribution in [0.2, 0.25) is 0 Å². The van der Waals surface area contributed by atoms with E-state index >= 15 is 0 Å². The van der Waals surface area contributed by atoms with Crippen LogP contribution in [-0.4, -0.2) is 34.8 Å². The lowest BCUT2D eigenvalue weighted by molar-refractivity contribution is -0.139. The second-order valence-corrected chi connectivity index (χ2v) is 8.14. The van der Waals surface area contributed by atoms with Gasteiger partial charge in [0.1, 0.15) is 18.1 Å². The van der Waals surface area contributed by atoms with Gasteiger partial charge in [0.2, 0.25) is 0 Å². The number of Topliss-reactive ketones (excluding diaryl/α,β-unsaturated/α-hetero) is 1. The number of ether oxygens (including phenoxy) is 1. The SMILES string of the molecule is C=CCOc1ccc(C(O)=C2C(=O)C(=O)N(CC=C)[C@H]2c2ccc(C(C)C)cc2)c(C)c1. The lowest BCUT2D eigenvalue weighted by Gasteiger charge is -2.24. The molecule has 1 atom stereocenters. The molecule has 2 aromatic carbocycles. The van der Waals surface area contributed by atoms with E-state index in [4.69, 9.17) is 4.74 Å². The number of carbonyl (C=O) groups excluding carboxylic acids is 2. The van der Waals surface area contributed by atoms with E-state index in [9.17, 15) is 14.7 Å². The van der Waals surface area contributed by atoms with Crippen LogP contribution in [0.3, 0.4) is 0 Å². The smallest absolute Gasteiger partial charge is 0.295 e. The molecule has 1 aliphatic heterocycles. The summed E-state index contributed by atoms with van der Waals surface area (Å²) in [6.07, 6.45) is 3.23. The van der Waals surface area contributed by atoms with Gasteiger partial charge >= 0.3 is 0 Å². The maximum atomic E-state index is 13.0. The number of hydrogen-bond donors (Lipinski definition) is 1. The highest BCUT2D eigenvalue weighted by Crippen LogP contribution is 2.40. The summed E-state index contributed by atoms with van der Waals surface area (Å²) in [5.74, 6) is -0.554. The number of aryl methyl sites for hydroxylation is 1. The second kappa shape index (κ2) is 9.69. The van der Waals surface area contributed by atoms with Crippen LogP contribution in [-0.2, 0) is 9.59 Å². The zero-order valence-corrected chi connectivity index (χ0v) is 18.8. The zero-order valence-electron chi connectivity index (χ0n) is 18.8. The lowest BCUT2D eigenvalue weighted by atomic mass is 9.92. The number of rotatable bonds is 8. The fourth-order valence-electron chi connectivity index (χ4n) is 3.91. The van der Waals surface area contributed by atoms with Gasteiger partial charge in [0, 0.05) is 12.1 Å². The Morgan fingerprint density at radius 2 is 1.81 bits per heavy atom. The van der Waals surface area contributed by atoms with Crippen LogP contribution in [0.4, 0.5) is 0 Å². The topological polar surface area (TPSA) is 66.8 Å². The van der Waals surface area contributed by atoms with Gasteiger partial charge in [0.05, 0.1) is 11.6 Å². The Morgan fingerprint density at radius 3 is 2.38 bits per heavy atom. The molecular weight excluding hydrogens is 402 g/mol. The quantitative estimate of drug-likeness (QED) is 0.267. The fraction of sp³-hybridized carbons (Fsp3) is 0.259. The van der Waals surface area contributed by atoms with E-state index in [1.807, 2.05) is 31.2 Å². The Bertz CT molecular complexity index is 1080. The Labute approximate surface area is 189 Å². The molecule has 1 heterocycles. The van der Waals surface area contributed by atoms with Crippen LogP contribution in [0, 0.1) is 6.92 Å². The van der Waals surface area contributed by atoms with Gasteiger partial charge in [0.15, 0.2) is 0 Å². The van der Waals surface area contributed by atoms with Crippen molar-refractivity contribution >= 4 is 17.4 Å². The third-order valence-electron chi connectivity index (χ3n) is 5.61. The van der Waals surface area contributed by atoms with Crippen LogP contribution in [0.15, 0.2) is 73.3 Å². The van der Waals surface area contributed by atoms with Gasteiger partial charge in [0.25, 0.3) is 11.7 Å². The fourth-order valence-corrected chi connectivity index (χ4v) is 3.91. The molecule has 32 heavy (non-hydrogen) atoms.